The van der Waals surface area contributed by atoms with Gasteiger partial charge in [-0.2, -0.15) is 13.2 Å². The number of hydrogen-bond acceptors (Lipinski definition) is 8. The molecule has 1 aliphatic carbocycles. The van der Waals surface area contributed by atoms with Crippen molar-refractivity contribution in [2.45, 2.75) is 63.4 Å². The molecule has 3 heterocycles. The molecular formula is C30H35F3N6O5. The lowest BCUT2D eigenvalue weighted by Crippen LogP contribution is -2.44. The van der Waals surface area contributed by atoms with Crippen molar-refractivity contribution in [3.05, 3.63) is 58.1 Å². The van der Waals surface area contributed by atoms with Gasteiger partial charge in [-0.1, -0.05) is 12.1 Å². The Balaban J connectivity index is 1.57. The maximum absolute atomic E-state index is 14.0. The molecule has 3 aromatic heterocycles. The molecule has 5 rings (SSSR count). The van der Waals surface area contributed by atoms with E-state index in [2.05, 4.69) is 20.6 Å². The van der Waals surface area contributed by atoms with Crippen LogP contribution < -0.4 is 16.3 Å². The van der Waals surface area contributed by atoms with Gasteiger partial charge in [-0.3, -0.25) is 9.13 Å². The molecule has 0 spiro atoms. The van der Waals surface area contributed by atoms with Gasteiger partial charge in [-0.25, -0.2) is 19.6 Å². The van der Waals surface area contributed by atoms with Crippen LogP contribution in [0.1, 0.15) is 61.3 Å². The number of nitrogens with zero attached hydrogens (tertiary/aromatic N) is 4. The van der Waals surface area contributed by atoms with Gasteiger partial charge in [0.05, 0.1) is 40.5 Å². The van der Waals surface area contributed by atoms with Crippen molar-refractivity contribution in [1.82, 2.24) is 24.4 Å². The molecule has 0 saturated heterocycles. The van der Waals surface area contributed by atoms with E-state index in [1.54, 1.807) is 6.92 Å². The van der Waals surface area contributed by atoms with E-state index in [1.165, 1.54) is 56.0 Å². The zero-order valence-electron chi connectivity index (χ0n) is 27.6. The zero-order chi connectivity index (χ0) is 34.5. The first-order valence-electron chi connectivity index (χ1n) is 15.4. The summed E-state index contributed by atoms with van der Waals surface area (Å²) in [7, 11) is 1.48. The number of para-hydroxylation sites is 1. The maximum atomic E-state index is 14.0. The predicted molar refractivity (Wildman–Crippen MR) is 158 cm³/mol. The molecule has 1 aliphatic rings. The number of halogens is 3. The molecule has 0 unspecified atom stereocenters. The molecule has 0 bridgehead atoms. The summed E-state index contributed by atoms with van der Waals surface area (Å²) >= 11 is 0. The minimum atomic E-state index is -4.72. The zero-order valence-corrected chi connectivity index (χ0v) is 24.6. The number of carbonyl (C=O) groups is 1. The third-order valence-corrected chi connectivity index (χ3v) is 7.82. The number of anilines is 2. The molecule has 0 radical (unpaired) electrons. The number of alkyl carbamates (subject to hydrolysis) is 1. The largest absolute Gasteiger partial charge is 0.447 e. The standard InChI is InChI=1S/C30H35F3N6O5/c1-28(2,42)20-13-24(36-25-18(20)7-6-8-19(25)30(31,32)33)35-23-14-21-22(16-34-23)38(4)27(41)39(21)17-9-10-29(3,15-17)37-26(40)44-12-11-43-5/h6-8,13-14,16-17,42H,9-12,15H2,1-5H3,(H,37,40)(H,34,35,36)/t17-,29+/m1/s1/i4D3. The first-order chi connectivity index (χ1) is 21.8. The average molecular weight is 620 g/mol. The van der Waals surface area contributed by atoms with E-state index >= 15 is 0 Å². The summed E-state index contributed by atoms with van der Waals surface area (Å²) in [5.41, 5.74) is -4.08. The molecule has 4 aromatic rings. The molecule has 1 fully saturated rings. The van der Waals surface area contributed by atoms with E-state index in [0.29, 0.717) is 17.4 Å². The molecule has 14 heteroatoms. The second kappa shape index (κ2) is 11.4. The molecule has 236 valence electrons. The third-order valence-electron chi connectivity index (χ3n) is 7.82. The Kier molecular flexibility index (Phi) is 7.09. The van der Waals surface area contributed by atoms with E-state index in [0.717, 1.165) is 6.07 Å². The Hall–Kier alpha value is -4.17. The number of hydrogen-bond donors (Lipinski definition) is 3. The third kappa shape index (κ3) is 6.09. The number of nitrogens with one attached hydrogen (secondary N) is 2. The molecule has 1 saturated carbocycles. The molecule has 3 N–H and O–H groups in total. The topological polar surface area (TPSA) is 133 Å². The van der Waals surface area contributed by atoms with Gasteiger partial charge < -0.3 is 25.2 Å². The maximum Gasteiger partial charge on any atom is 0.418 e. The van der Waals surface area contributed by atoms with Crippen molar-refractivity contribution >= 4 is 39.7 Å². The van der Waals surface area contributed by atoms with E-state index < -0.39 is 47.7 Å². The van der Waals surface area contributed by atoms with Crippen molar-refractivity contribution in [2.24, 2.45) is 6.98 Å². The summed E-state index contributed by atoms with van der Waals surface area (Å²) in [6.45, 7) is 2.10. The van der Waals surface area contributed by atoms with Crippen LogP contribution in [0.5, 0.6) is 0 Å². The quantitative estimate of drug-likeness (QED) is 0.231. The van der Waals surface area contributed by atoms with Gasteiger partial charge in [-0.05, 0) is 57.7 Å². The van der Waals surface area contributed by atoms with Crippen molar-refractivity contribution < 1.29 is 36.7 Å². The van der Waals surface area contributed by atoms with Crippen LogP contribution in [-0.4, -0.2) is 56.2 Å². The number of amides is 1. The van der Waals surface area contributed by atoms with Crippen LogP contribution >= 0.6 is 0 Å². The Bertz CT molecular complexity index is 1890. The highest BCUT2D eigenvalue weighted by Crippen LogP contribution is 2.40. The summed E-state index contributed by atoms with van der Waals surface area (Å²) < 4.78 is 77.9. The van der Waals surface area contributed by atoms with Gasteiger partial charge >= 0.3 is 18.0 Å². The number of ether oxygens (including phenoxy) is 2. The van der Waals surface area contributed by atoms with Crippen molar-refractivity contribution in [2.75, 3.05) is 25.6 Å². The Morgan fingerprint density at radius 3 is 2.66 bits per heavy atom. The lowest BCUT2D eigenvalue weighted by Gasteiger charge is -2.25. The SMILES string of the molecule is [2H]C([2H])([2H])n1c(=O)n([C@@H]2CC[C@](C)(NC(=O)OCCOC)C2)c2cc(Nc3cc(C(C)(C)O)c4cccc(C(F)(F)F)c4n3)ncc21. The second-order valence-corrected chi connectivity index (χ2v) is 11.7. The van der Waals surface area contributed by atoms with Gasteiger partial charge in [-0.15, -0.1) is 0 Å². The molecular weight excluding hydrogens is 581 g/mol. The summed E-state index contributed by atoms with van der Waals surface area (Å²) in [5.74, 6) is -0.000431. The Morgan fingerprint density at radius 1 is 1.20 bits per heavy atom. The Morgan fingerprint density at radius 2 is 1.98 bits per heavy atom. The van der Waals surface area contributed by atoms with Crippen molar-refractivity contribution in [3.8, 4) is 0 Å². The number of benzene rings is 1. The fraction of sp³-hybridized carbons (Fsp3) is 0.467. The van der Waals surface area contributed by atoms with Gasteiger partial charge in [0.15, 0.2) is 0 Å². The normalized spacial score (nSPS) is 20.4. The van der Waals surface area contributed by atoms with Crippen molar-refractivity contribution in [1.29, 1.82) is 0 Å². The highest BCUT2D eigenvalue weighted by atomic mass is 19.4. The number of rotatable bonds is 8. The first-order valence-corrected chi connectivity index (χ1v) is 13.9. The molecule has 1 amide bonds. The highest BCUT2D eigenvalue weighted by Gasteiger charge is 2.39. The summed E-state index contributed by atoms with van der Waals surface area (Å²) in [5, 5.41) is 16.7. The van der Waals surface area contributed by atoms with Gasteiger partial charge in [0, 0.05) is 41.2 Å². The van der Waals surface area contributed by atoms with Crippen LogP contribution in [0.2, 0.25) is 0 Å². The van der Waals surface area contributed by atoms with Crippen LogP contribution in [0.3, 0.4) is 0 Å². The number of pyridine rings is 2. The van der Waals surface area contributed by atoms with E-state index in [9.17, 15) is 27.9 Å². The minimum absolute atomic E-state index is 0.0177. The first kappa shape index (κ1) is 27.4. The van der Waals surface area contributed by atoms with Crippen LogP contribution in [0.4, 0.5) is 29.6 Å². The molecule has 2 atom stereocenters. The van der Waals surface area contributed by atoms with Gasteiger partial charge in [0.2, 0.25) is 0 Å². The van der Waals surface area contributed by atoms with E-state index in [4.69, 9.17) is 13.6 Å². The number of aliphatic hydroxyl groups is 1. The Labute approximate surface area is 255 Å². The van der Waals surface area contributed by atoms with Crippen LogP contribution in [0.25, 0.3) is 21.9 Å². The monoisotopic (exact) mass is 619 g/mol. The lowest BCUT2D eigenvalue weighted by atomic mass is 9.93. The number of methoxy groups -OCH3 is 1. The van der Waals surface area contributed by atoms with Crippen LogP contribution in [-0.2, 0) is 28.2 Å². The number of alkyl halides is 3. The summed E-state index contributed by atoms with van der Waals surface area (Å²) in [6.07, 6.45) is -3.03. The van der Waals surface area contributed by atoms with E-state index in [1.807, 2.05) is 0 Å². The molecule has 11 nitrogen and oxygen atoms in total. The van der Waals surface area contributed by atoms with Crippen LogP contribution in [0, 0.1) is 0 Å². The fourth-order valence-corrected chi connectivity index (χ4v) is 5.76. The minimum Gasteiger partial charge on any atom is -0.447 e. The van der Waals surface area contributed by atoms with Crippen molar-refractivity contribution in [3.63, 3.8) is 0 Å². The number of aromatic nitrogens is 4. The second-order valence-electron chi connectivity index (χ2n) is 11.7. The number of imidazole rings is 1. The van der Waals surface area contributed by atoms with Crippen LogP contribution in [0.15, 0.2) is 41.3 Å². The van der Waals surface area contributed by atoms with E-state index in [-0.39, 0.29) is 58.8 Å². The summed E-state index contributed by atoms with van der Waals surface area (Å²) in [4.78, 5) is 34.5. The highest BCUT2D eigenvalue weighted by molar-refractivity contribution is 5.88. The van der Waals surface area contributed by atoms with Gasteiger partial charge in [0.25, 0.3) is 0 Å². The smallest absolute Gasteiger partial charge is 0.418 e. The number of fused-ring (bicyclic) bond motifs is 2. The molecule has 1 aromatic carbocycles. The fourth-order valence-electron chi connectivity index (χ4n) is 5.76. The molecule has 44 heavy (non-hydrogen) atoms. The summed E-state index contributed by atoms with van der Waals surface area (Å²) in [6, 6.07) is 5.90. The molecule has 0 aliphatic heterocycles. The van der Waals surface area contributed by atoms with Gasteiger partial charge in [0.1, 0.15) is 18.2 Å². The average Bonchev–Trinajstić information content (AvgIpc) is 3.46. The number of carbonyl (C=O) groups excluding carboxylic acids is 1. The predicted octanol–water partition coefficient (Wildman–Crippen LogP) is 5.13. The number of aryl methyl sites for hydroxylation is 1. The lowest BCUT2D eigenvalue weighted by molar-refractivity contribution is -0.136.